The highest BCUT2D eigenvalue weighted by Crippen LogP contribution is 2.47. The number of nitrogens with zero attached hydrogens (tertiary/aromatic N) is 1. The lowest BCUT2D eigenvalue weighted by Crippen LogP contribution is -2.44. The van der Waals surface area contributed by atoms with Gasteiger partial charge in [-0.3, -0.25) is 4.79 Å². The molecule has 0 fully saturated rings. The molecule has 0 radical (unpaired) electrons. The van der Waals surface area contributed by atoms with Gasteiger partial charge in [0.2, 0.25) is 0 Å². The molecule has 0 saturated carbocycles. The van der Waals surface area contributed by atoms with Gasteiger partial charge in [-0.05, 0) is 44.0 Å². The van der Waals surface area contributed by atoms with Crippen molar-refractivity contribution in [1.82, 2.24) is 9.88 Å². The Bertz CT molecular complexity index is 1210. The first-order valence-electron chi connectivity index (χ1n) is 10.1. The molecule has 0 spiro atoms. The normalized spacial score (nSPS) is 16.4. The Morgan fingerprint density at radius 1 is 0.828 bits per heavy atom. The quantitative estimate of drug-likeness (QED) is 0.443. The molecule has 1 unspecified atom stereocenters. The minimum Gasteiger partial charge on any atom is -0.354 e. The molecule has 1 aromatic heterocycles. The number of H-pyrrole nitrogens is 1. The number of nitrogens with one attached hydrogen (secondary N) is 1. The van der Waals surface area contributed by atoms with Crippen molar-refractivity contribution in [3.63, 3.8) is 0 Å². The number of carbonyl (C=O) groups is 1. The lowest BCUT2D eigenvalue weighted by Gasteiger charge is -2.38. The molecule has 5 rings (SSSR count). The topological polar surface area (TPSA) is 36.1 Å². The van der Waals surface area contributed by atoms with Crippen LogP contribution in [0.15, 0.2) is 78.9 Å². The first-order chi connectivity index (χ1) is 14.0. The van der Waals surface area contributed by atoms with Crippen molar-refractivity contribution in [3.8, 4) is 11.3 Å². The fraction of sp³-hybridized carbons (Fsp3) is 0.192. The molecule has 4 aromatic rings. The van der Waals surface area contributed by atoms with E-state index in [0.717, 1.165) is 33.3 Å². The van der Waals surface area contributed by atoms with Crippen molar-refractivity contribution in [2.24, 2.45) is 0 Å². The molecule has 1 N–H and O–H groups in total. The van der Waals surface area contributed by atoms with Crippen LogP contribution in [0.25, 0.3) is 22.2 Å². The van der Waals surface area contributed by atoms with Gasteiger partial charge in [0.25, 0.3) is 5.91 Å². The summed E-state index contributed by atoms with van der Waals surface area (Å²) in [7, 11) is 0. The number of aromatic nitrogens is 1. The summed E-state index contributed by atoms with van der Waals surface area (Å²) in [5.41, 5.74) is 6.03. The van der Waals surface area contributed by atoms with Crippen LogP contribution in [0.3, 0.4) is 0 Å². The van der Waals surface area contributed by atoms with Crippen molar-refractivity contribution in [3.05, 3.63) is 95.6 Å². The Morgan fingerprint density at radius 3 is 2.24 bits per heavy atom. The van der Waals surface area contributed by atoms with E-state index in [-0.39, 0.29) is 17.5 Å². The number of aromatic amines is 1. The van der Waals surface area contributed by atoms with Crippen LogP contribution >= 0.6 is 0 Å². The number of carbonyl (C=O) groups excluding carboxylic acids is 1. The molecule has 1 aliphatic rings. The zero-order valence-corrected chi connectivity index (χ0v) is 16.9. The Balaban J connectivity index is 1.86. The first kappa shape index (κ1) is 17.7. The fourth-order valence-electron chi connectivity index (χ4n) is 4.57. The van der Waals surface area contributed by atoms with Crippen molar-refractivity contribution < 1.29 is 4.79 Å². The van der Waals surface area contributed by atoms with E-state index in [1.165, 1.54) is 5.56 Å². The molecule has 0 bridgehead atoms. The summed E-state index contributed by atoms with van der Waals surface area (Å²) in [6, 6.07) is 26.7. The zero-order valence-electron chi connectivity index (χ0n) is 16.9. The van der Waals surface area contributed by atoms with Gasteiger partial charge in [0.15, 0.2) is 0 Å². The Hall–Kier alpha value is -3.33. The number of hydrogen-bond donors (Lipinski definition) is 1. The molecule has 29 heavy (non-hydrogen) atoms. The molecule has 0 saturated heterocycles. The van der Waals surface area contributed by atoms with E-state index in [1.807, 2.05) is 35.2 Å². The number of fused-ring (bicyclic) bond motifs is 2. The second-order valence-electron chi connectivity index (χ2n) is 8.66. The molecular formula is C26H24N2O. The highest BCUT2D eigenvalue weighted by molar-refractivity contribution is 6.02. The lowest BCUT2D eigenvalue weighted by atomic mass is 9.91. The predicted molar refractivity (Wildman–Crippen MR) is 118 cm³/mol. The van der Waals surface area contributed by atoms with E-state index >= 15 is 0 Å². The minimum atomic E-state index is -0.312. The molecule has 3 heteroatoms. The number of hydrogen-bond acceptors (Lipinski definition) is 1. The third-order valence-electron chi connectivity index (χ3n) is 5.77. The molecule has 1 amide bonds. The predicted octanol–water partition coefficient (Wildman–Crippen LogP) is 6.18. The molecule has 3 aromatic carbocycles. The lowest BCUT2D eigenvalue weighted by molar-refractivity contribution is 0.0554. The molecule has 3 nitrogen and oxygen atoms in total. The van der Waals surface area contributed by atoms with E-state index in [4.69, 9.17) is 0 Å². The second kappa shape index (κ2) is 6.35. The maximum absolute atomic E-state index is 13.4. The van der Waals surface area contributed by atoms with Crippen LogP contribution in [0.1, 0.15) is 48.3 Å². The van der Waals surface area contributed by atoms with Gasteiger partial charge >= 0.3 is 0 Å². The van der Waals surface area contributed by atoms with Crippen LogP contribution < -0.4 is 0 Å². The largest absolute Gasteiger partial charge is 0.354 e. The van der Waals surface area contributed by atoms with Crippen molar-refractivity contribution in [2.45, 2.75) is 32.4 Å². The Kier molecular flexibility index (Phi) is 3.88. The Labute approximate surface area is 171 Å². The monoisotopic (exact) mass is 380 g/mol. The maximum atomic E-state index is 13.4. The summed E-state index contributed by atoms with van der Waals surface area (Å²) in [5, 5.41) is 1.16. The summed E-state index contributed by atoms with van der Waals surface area (Å²) in [5.74, 6) is 0.0994. The summed E-state index contributed by atoms with van der Waals surface area (Å²) < 4.78 is 0. The summed E-state index contributed by atoms with van der Waals surface area (Å²) in [6.45, 7) is 6.34. The van der Waals surface area contributed by atoms with Crippen molar-refractivity contribution in [2.75, 3.05) is 0 Å². The third-order valence-corrected chi connectivity index (χ3v) is 5.77. The number of rotatable bonds is 2. The van der Waals surface area contributed by atoms with Gasteiger partial charge in [-0.25, -0.2) is 0 Å². The molecule has 2 heterocycles. The summed E-state index contributed by atoms with van der Waals surface area (Å²) in [6.07, 6.45) is 0. The highest BCUT2D eigenvalue weighted by Gasteiger charge is 2.44. The van der Waals surface area contributed by atoms with E-state index < -0.39 is 0 Å². The van der Waals surface area contributed by atoms with Gasteiger partial charge in [0, 0.05) is 27.6 Å². The van der Waals surface area contributed by atoms with Crippen LogP contribution in [-0.2, 0) is 0 Å². The van der Waals surface area contributed by atoms with Gasteiger partial charge in [0.1, 0.15) is 0 Å². The second-order valence-corrected chi connectivity index (χ2v) is 8.66. The number of para-hydroxylation sites is 1. The van der Waals surface area contributed by atoms with Gasteiger partial charge in [-0.15, -0.1) is 0 Å². The van der Waals surface area contributed by atoms with Crippen LogP contribution in [0.2, 0.25) is 0 Å². The van der Waals surface area contributed by atoms with Crippen LogP contribution in [0.5, 0.6) is 0 Å². The first-order valence-corrected chi connectivity index (χ1v) is 10.1. The zero-order chi connectivity index (χ0) is 20.2. The molecular weight excluding hydrogens is 356 g/mol. The SMILES string of the molecule is CC(C)(C)N1C(=O)c2ccccc2C1c1c(-c2ccccc2)[nH]c2ccccc12. The van der Waals surface area contributed by atoms with E-state index in [0.29, 0.717) is 0 Å². The van der Waals surface area contributed by atoms with Crippen LogP contribution in [0, 0.1) is 0 Å². The number of amides is 1. The Morgan fingerprint density at radius 2 is 1.48 bits per heavy atom. The fourth-order valence-corrected chi connectivity index (χ4v) is 4.57. The van der Waals surface area contributed by atoms with Crippen LogP contribution in [0.4, 0.5) is 0 Å². The van der Waals surface area contributed by atoms with Gasteiger partial charge in [-0.2, -0.15) is 0 Å². The average molecular weight is 380 g/mol. The molecule has 1 aliphatic heterocycles. The summed E-state index contributed by atoms with van der Waals surface area (Å²) >= 11 is 0. The highest BCUT2D eigenvalue weighted by atomic mass is 16.2. The standard InChI is InChI=1S/C26H24N2O/c1-26(2,3)28-24(18-13-7-8-14-19(18)25(28)29)22-20-15-9-10-16-21(20)27-23(22)17-11-5-4-6-12-17/h4-16,24,27H,1-3H3. The van der Waals surface area contributed by atoms with Gasteiger partial charge in [0.05, 0.1) is 11.7 Å². The molecule has 1 atom stereocenters. The van der Waals surface area contributed by atoms with Crippen molar-refractivity contribution in [1.29, 1.82) is 0 Å². The van der Waals surface area contributed by atoms with Crippen molar-refractivity contribution >= 4 is 16.8 Å². The molecule has 0 aliphatic carbocycles. The van der Waals surface area contributed by atoms with E-state index in [1.54, 1.807) is 0 Å². The van der Waals surface area contributed by atoms with Crippen LogP contribution in [-0.4, -0.2) is 21.3 Å². The third kappa shape index (κ3) is 2.69. The smallest absolute Gasteiger partial charge is 0.255 e. The minimum absolute atomic E-state index is 0.0994. The van der Waals surface area contributed by atoms with E-state index in [9.17, 15) is 4.79 Å². The summed E-state index contributed by atoms with van der Waals surface area (Å²) in [4.78, 5) is 19.1. The van der Waals surface area contributed by atoms with E-state index in [2.05, 4.69) is 74.3 Å². The van der Waals surface area contributed by atoms with Gasteiger partial charge < -0.3 is 9.88 Å². The van der Waals surface area contributed by atoms with Gasteiger partial charge in [-0.1, -0.05) is 66.7 Å². The molecule has 144 valence electrons. The number of benzene rings is 3. The maximum Gasteiger partial charge on any atom is 0.255 e. The average Bonchev–Trinajstić information content (AvgIpc) is 3.24.